The number of methoxy groups -OCH3 is 1. The zero-order valence-electron chi connectivity index (χ0n) is 12.3. The van der Waals surface area contributed by atoms with Gasteiger partial charge in [-0.3, -0.25) is 4.79 Å². The highest BCUT2D eigenvalue weighted by atomic mass is 35.5. The van der Waals surface area contributed by atoms with Crippen molar-refractivity contribution in [3.05, 3.63) is 52.2 Å². The van der Waals surface area contributed by atoms with Gasteiger partial charge in [0, 0.05) is 25.2 Å². The van der Waals surface area contributed by atoms with Crippen molar-refractivity contribution < 1.29 is 9.53 Å². The van der Waals surface area contributed by atoms with Crippen LogP contribution in [-0.4, -0.2) is 37.6 Å². The van der Waals surface area contributed by atoms with E-state index in [2.05, 4.69) is 5.32 Å². The summed E-state index contributed by atoms with van der Waals surface area (Å²) in [6.45, 7) is 2.28. The van der Waals surface area contributed by atoms with Crippen LogP contribution in [0.3, 0.4) is 0 Å². The van der Waals surface area contributed by atoms with Crippen LogP contribution in [0.15, 0.2) is 41.8 Å². The summed E-state index contributed by atoms with van der Waals surface area (Å²) in [5.74, 6) is 0.928. The highest BCUT2D eigenvalue weighted by Crippen LogP contribution is 2.31. The molecule has 0 aliphatic carbocycles. The van der Waals surface area contributed by atoms with Gasteiger partial charge in [0.05, 0.1) is 18.0 Å². The number of hydrogen-bond donors (Lipinski definition) is 1. The van der Waals surface area contributed by atoms with Gasteiger partial charge in [0.25, 0.3) is 5.91 Å². The number of carbonyl (C=O) groups is 1. The Labute approximate surface area is 140 Å². The minimum absolute atomic E-state index is 0. The molecule has 1 aromatic carbocycles. The first-order valence-electron chi connectivity index (χ1n) is 6.99. The standard InChI is InChI=1S/C16H18N2O2S.ClH/c1-20-14-6-3-2-5-12(14)13-11-17-8-9-18(13)16(19)15-7-4-10-21-15;/h2-7,10,13,17H,8-9,11H2,1H3;1H. The smallest absolute Gasteiger partial charge is 0.264 e. The number of benzene rings is 1. The molecule has 1 aliphatic heterocycles. The van der Waals surface area contributed by atoms with Crippen LogP contribution in [0.5, 0.6) is 5.75 Å². The van der Waals surface area contributed by atoms with E-state index in [0.29, 0.717) is 6.54 Å². The molecule has 1 amide bonds. The number of piperazine rings is 1. The lowest BCUT2D eigenvalue weighted by atomic mass is 10.0. The van der Waals surface area contributed by atoms with Gasteiger partial charge in [0.15, 0.2) is 0 Å². The van der Waals surface area contributed by atoms with Crippen molar-refractivity contribution in [2.24, 2.45) is 0 Å². The second kappa shape index (κ2) is 7.63. The molecule has 3 rings (SSSR count). The van der Waals surface area contributed by atoms with Crippen molar-refractivity contribution in [1.82, 2.24) is 10.2 Å². The number of amides is 1. The van der Waals surface area contributed by atoms with Gasteiger partial charge in [-0.25, -0.2) is 0 Å². The van der Waals surface area contributed by atoms with Crippen LogP contribution in [0.1, 0.15) is 21.3 Å². The maximum atomic E-state index is 12.7. The molecule has 0 radical (unpaired) electrons. The largest absolute Gasteiger partial charge is 0.496 e. The molecule has 2 heterocycles. The van der Waals surface area contributed by atoms with Gasteiger partial charge in [-0.1, -0.05) is 24.3 Å². The summed E-state index contributed by atoms with van der Waals surface area (Å²) < 4.78 is 5.45. The lowest BCUT2D eigenvalue weighted by Gasteiger charge is -2.36. The average molecular weight is 339 g/mol. The minimum atomic E-state index is 0. The van der Waals surface area contributed by atoms with Crippen molar-refractivity contribution in [2.45, 2.75) is 6.04 Å². The molecule has 0 spiro atoms. The van der Waals surface area contributed by atoms with Crippen molar-refractivity contribution >= 4 is 29.7 Å². The van der Waals surface area contributed by atoms with E-state index in [0.717, 1.165) is 29.3 Å². The summed E-state index contributed by atoms with van der Waals surface area (Å²) in [5, 5.41) is 5.31. The third kappa shape index (κ3) is 3.27. The topological polar surface area (TPSA) is 41.6 Å². The van der Waals surface area contributed by atoms with Crippen LogP contribution in [-0.2, 0) is 0 Å². The number of halogens is 1. The van der Waals surface area contributed by atoms with Gasteiger partial charge < -0.3 is 15.0 Å². The molecule has 22 heavy (non-hydrogen) atoms. The Morgan fingerprint density at radius 1 is 1.32 bits per heavy atom. The number of carbonyl (C=O) groups excluding carboxylic acids is 1. The third-order valence-corrected chi connectivity index (χ3v) is 4.59. The fourth-order valence-electron chi connectivity index (χ4n) is 2.71. The van der Waals surface area contributed by atoms with Crippen molar-refractivity contribution in [2.75, 3.05) is 26.7 Å². The molecule has 1 aromatic heterocycles. The number of rotatable bonds is 3. The van der Waals surface area contributed by atoms with Crippen molar-refractivity contribution in [3.8, 4) is 5.75 Å². The normalized spacial score (nSPS) is 17.7. The van der Waals surface area contributed by atoms with Crippen LogP contribution in [0, 0.1) is 0 Å². The summed E-state index contributed by atoms with van der Waals surface area (Å²) in [4.78, 5) is 15.4. The molecular formula is C16H19ClN2O2S. The van der Waals surface area contributed by atoms with E-state index in [1.54, 1.807) is 7.11 Å². The lowest BCUT2D eigenvalue weighted by Crippen LogP contribution is -2.48. The molecule has 4 nitrogen and oxygen atoms in total. The Morgan fingerprint density at radius 2 is 2.14 bits per heavy atom. The molecule has 1 N–H and O–H groups in total. The van der Waals surface area contributed by atoms with Gasteiger partial charge in [-0.05, 0) is 17.5 Å². The lowest BCUT2D eigenvalue weighted by molar-refractivity contribution is 0.0636. The van der Waals surface area contributed by atoms with Crippen LogP contribution >= 0.6 is 23.7 Å². The van der Waals surface area contributed by atoms with Gasteiger partial charge in [-0.15, -0.1) is 23.7 Å². The van der Waals surface area contributed by atoms with E-state index in [-0.39, 0.29) is 24.4 Å². The summed E-state index contributed by atoms with van der Waals surface area (Å²) in [6.07, 6.45) is 0. The zero-order chi connectivity index (χ0) is 14.7. The van der Waals surface area contributed by atoms with Gasteiger partial charge >= 0.3 is 0 Å². The molecule has 1 saturated heterocycles. The first-order valence-corrected chi connectivity index (χ1v) is 7.87. The highest BCUT2D eigenvalue weighted by Gasteiger charge is 2.30. The number of hydrogen-bond acceptors (Lipinski definition) is 4. The van der Waals surface area contributed by atoms with E-state index in [1.165, 1.54) is 11.3 Å². The molecule has 1 fully saturated rings. The Morgan fingerprint density at radius 3 is 2.86 bits per heavy atom. The highest BCUT2D eigenvalue weighted by molar-refractivity contribution is 7.12. The molecule has 0 saturated carbocycles. The first-order chi connectivity index (χ1) is 10.3. The summed E-state index contributed by atoms with van der Waals surface area (Å²) in [7, 11) is 1.67. The maximum Gasteiger partial charge on any atom is 0.264 e. The molecular weight excluding hydrogens is 320 g/mol. The fourth-order valence-corrected chi connectivity index (χ4v) is 3.39. The van der Waals surface area contributed by atoms with E-state index in [4.69, 9.17) is 4.74 Å². The molecule has 1 aliphatic rings. The van der Waals surface area contributed by atoms with E-state index in [1.807, 2.05) is 46.7 Å². The Balaban J connectivity index is 0.00000176. The van der Waals surface area contributed by atoms with Crippen LogP contribution < -0.4 is 10.1 Å². The summed E-state index contributed by atoms with van der Waals surface area (Å²) in [6, 6.07) is 11.7. The Kier molecular flexibility index (Phi) is 5.83. The van der Waals surface area contributed by atoms with Crippen molar-refractivity contribution in [1.29, 1.82) is 0 Å². The first kappa shape index (κ1) is 16.8. The van der Waals surface area contributed by atoms with Crippen LogP contribution in [0.25, 0.3) is 0 Å². The molecule has 1 atom stereocenters. The maximum absolute atomic E-state index is 12.7. The van der Waals surface area contributed by atoms with Gasteiger partial charge in [-0.2, -0.15) is 0 Å². The SMILES string of the molecule is COc1ccccc1C1CNCCN1C(=O)c1cccs1.Cl. The molecule has 2 aromatic rings. The monoisotopic (exact) mass is 338 g/mol. The van der Waals surface area contributed by atoms with Gasteiger partial charge in [0.2, 0.25) is 0 Å². The quantitative estimate of drug-likeness (QED) is 0.935. The van der Waals surface area contributed by atoms with Crippen molar-refractivity contribution in [3.63, 3.8) is 0 Å². The second-order valence-corrected chi connectivity index (χ2v) is 5.89. The Hall–Kier alpha value is -1.56. The fraction of sp³-hybridized carbons (Fsp3) is 0.312. The van der Waals surface area contributed by atoms with Crippen LogP contribution in [0.4, 0.5) is 0 Å². The number of nitrogens with zero attached hydrogens (tertiary/aromatic N) is 1. The average Bonchev–Trinajstić information content (AvgIpc) is 3.08. The number of thiophene rings is 1. The molecule has 118 valence electrons. The molecule has 0 bridgehead atoms. The Bertz CT molecular complexity index is 618. The third-order valence-electron chi connectivity index (χ3n) is 3.73. The van der Waals surface area contributed by atoms with Gasteiger partial charge in [0.1, 0.15) is 5.75 Å². The molecule has 6 heteroatoms. The predicted octanol–water partition coefficient (Wildman–Crippen LogP) is 2.97. The molecule has 1 unspecified atom stereocenters. The predicted molar refractivity (Wildman–Crippen MR) is 91.2 cm³/mol. The minimum Gasteiger partial charge on any atom is -0.496 e. The van der Waals surface area contributed by atoms with E-state index >= 15 is 0 Å². The number of para-hydroxylation sites is 1. The number of ether oxygens (including phenoxy) is 1. The van der Waals surface area contributed by atoms with E-state index < -0.39 is 0 Å². The summed E-state index contributed by atoms with van der Waals surface area (Å²) >= 11 is 1.49. The van der Waals surface area contributed by atoms with E-state index in [9.17, 15) is 4.79 Å². The zero-order valence-corrected chi connectivity index (χ0v) is 14.0. The number of nitrogens with one attached hydrogen (secondary N) is 1. The summed E-state index contributed by atoms with van der Waals surface area (Å²) in [5.41, 5.74) is 1.05. The second-order valence-electron chi connectivity index (χ2n) is 4.94. The van der Waals surface area contributed by atoms with Crippen LogP contribution in [0.2, 0.25) is 0 Å².